The van der Waals surface area contributed by atoms with E-state index in [4.69, 9.17) is 28.1 Å². The van der Waals surface area contributed by atoms with Gasteiger partial charge in [0.25, 0.3) is 0 Å². The molecule has 15 heteroatoms. The summed E-state index contributed by atoms with van der Waals surface area (Å²) < 4.78 is 33.4. The number of methoxy groups -OCH3 is 1. The van der Waals surface area contributed by atoms with E-state index in [-0.39, 0.29) is 33.8 Å². The monoisotopic (exact) mass is 608 g/mol. The van der Waals surface area contributed by atoms with Crippen molar-refractivity contribution in [2.24, 2.45) is 0 Å². The Morgan fingerprint density at radius 3 is 2.14 bits per heavy atom. The molecule has 0 radical (unpaired) electrons. The van der Waals surface area contributed by atoms with Gasteiger partial charge in [0.05, 0.1) is 19.8 Å². The van der Waals surface area contributed by atoms with Crippen LogP contribution in [0.2, 0.25) is 0 Å². The Kier molecular flexibility index (Phi) is 8.80. The summed E-state index contributed by atoms with van der Waals surface area (Å²) in [6.45, 7) is 0.889. The Balaban J connectivity index is 1.47. The number of hydrogen-bond acceptors (Lipinski definition) is 15. The zero-order valence-electron chi connectivity index (χ0n) is 22.9. The van der Waals surface area contributed by atoms with Gasteiger partial charge in [-0.15, -0.1) is 0 Å². The van der Waals surface area contributed by atoms with Crippen LogP contribution < -0.4 is 14.9 Å². The number of rotatable bonds is 7. The molecule has 2 saturated heterocycles. The molecule has 2 aromatic carbocycles. The van der Waals surface area contributed by atoms with Crippen LogP contribution in [0, 0.1) is 0 Å². The van der Waals surface area contributed by atoms with Gasteiger partial charge in [-0.05, 0) is 31.2 Å². The van der Waals surface area contributed by atoms with Gasteiger partial charge in [0.2, 0.25) is 17.5 Å². The minimum Gasteiger partial charge on any atom is -0.508 e. The molecule has 3 heterocycles. The Morgan fingerprint density at radius 1 is 0.814 bits per heavy atom. The fourth-order valence-electron chi connectivity index (χ4n) is 4.89. The van der Waals surface area contributed by atoms with Gasteiger partial charge < -0.3 is 69.0 Å². The van der Waals surface area contributed by atoms with E-state index in [1.807, 2.05) is 0 Å². The molecule has 2 aliphatic rings. The number of aromatic hydroxyl groups is 2. The highest BCUT2D eigenvalue weighted by Gasteiger charge is 2.47. The van der Waals surface area contributed by atoms with Crippen molar-refractivity contribution in [1.29, 1.82) is 0 Å². The molecule has 15 nitrogen and oxygen atoms in total. The van der Waals surface area contributed by atoms with Crippen LogP contribution in [0.3, 0.4) is 0 Å². The third-order valence-electron chi connectivity index (χ3n) is 7.41. The van der Waals surface area contributed by atoms with Crippen molar-refractivity contribution < 1.29 is 69.0 Å². The van der Waals surface area contributed by atoms with Crippen molar-refractivity contribution in [3.05, 3.63) is 46.6 Å². The minimum atomic E-state index is -1.90. The van der Waals surface area contributed by atoms with E-state index in [9.17, 15) is 45.6 Å². The SMILES string of the molecule is COc1cc(O)c2c(=O)c(O[C@@H]3O[C@@H](CO[C@@H]4O[C@@H](C)[C@H](O)[C@H](O)[C@H]4O)[C@H](O)[C@H](O)[C@@H]3O)c(-c3ccc(O)cc3)oc2c1. The van der Waals surface area contributed by atoms with Crippen molar-refractivity contribution in [2.75, 3.05) is 13.7 Å². The Hall–Kier alpha value is -3.51. The summed E-state index contributed by atoms with van der Waals surface area (Å²) in [5.74, 6) is -1.11. The van der Waals surface area contributed by atoms with Gasteiger partial charge in [-0.3, -0.25) is 4.79 Å². The molecular formula is C28H32O15. The molecule has 3 aromatic rings. The highest BCUT2D eigenvalue weighted by atomic mass is 16.7. The first-order valence-corrected chi connectivity index (χ1v) is 13.3. The van der Waals surface area contributed by atoms with Gasteiger partial charge in [-0.2, -0.15) is 0 Å². The number of phenols is 2. The van der Waals surface area contributed by atoms with Crippen LogP contribution in [0.5, 0.6) is 23.0 Å². The van der Waals surface area contributed by atoms with Crippen molar-refractivity contribution in [3.8, 4) is 34.3 Å². The van der Waals surface area contributed by atoms with E-state index >= 15 is 0 Å². The molecule has 0 unspecified atom stereocenters. The van der Waals surface area contributed by atoms with Gasteiger partial charge in [-0.1, -0.05) is 0 Å². The van der Waals surface area contributed by atoms with E-state index in [0.29, 0.717) is 0 Å². The van der Waals surface area contributed by atoms with Crippen LogP contribution in [0.15, 0.2) is 45.6 Å². The maximum absolute atomic E-state index is 13.7. The average Bonchev–Trinajstić information content (AvgIpc) is 2.99. The predicted molar refractivity (Wildman–Crippen MR) is 143 cm³/mol. The number of aliphatic hydroxyl groups excluding tert-OH is 6. The highest BCUT2D eigenvalue weighted by Crippen LogP contribution is 2.38. The first kappa shape index (κ1) is 30.9. The normalized spacial score (nSPS) is 32.9. The molecule has 2 aliphatic heterocycles. The van der Waals surface area contributed by atoms with Crippen LogP contribution in [0.1, 0.15) is 6.92 Å². The number of benzene rings is 2. The van der Waals surface area contributed by atoms with Gasteiger partial charge in [0.1, 0.15) is 70.9 Å². The molecule has 0 spiro atoms. The zero-order valence-corrected chi connectivity index (χ0v) is 22.9. The summed E-state index contributed by atoms with van der Waals surface area (Å²) in [5.41, 5.74) is -0.705. The third kappa shape index (κ3) is 5.86. The number of fused-ring (bicyclic) bond motifs is 1. The molecule has 1 aromatic heterocycles. The van der Waals surface area contributed by atoms with E-state index in [1.165, 1.54) is 50.4 Å². The minimum absolute atomic E-state index is 0.0725. The number of ether oxygens (including phenoxy) is 5. The largest absolute Gasteiger partial charge is 0.508 e. The summed E-state index contributed by atoms with van der Waals surface area (Å²) >= 11 is 0. The topological polar surface area (TPSA) is 238 Å². The lowest BCUT2D eigenvalue weighted by Gasteiger charge is -2.42. The van der Waals surface area contributed by atoms with E-state index in [1.54, 1.807) is 0 Å². The second kappa shape index (κ2) is 12.2. The first-order chi connectivity index (χ1) is 20.4. The Bertz CT molecular complexity index is 1490. The van der Waals surface area contributed by atoms with E-state index in [0.717, 1.165) is 0 Å². The summed E-state index contributed by atoms with van der Waals surface area (Å²) in [6, 6.07) is 8.03. The standard InChI is InChI=1S/C28H32O15/c1-10-18(31)21(34)23(36)27(40-10)39-9-16-19(32)22(35)24(37)28(42-16)43-26-20(33)17-14(30)7-13(38-2)8-15(17)41-25(26)11-3-5-12(29)6-4-11/h3-8,10,16,18-19,21-24,27-32,34-37H,9H2,1-2H3/t10-,16-,18-,19-,21-,22-,23+,24-,27+,28-/m0/s1. The number of hydrogen-bond donors (Lipinski definition) is 8. The molecule has 5 rings (SSSR count). The third-order valence-corrected chi connectivity index (χ3v) is 7.41. The zero-order chi connectivity index (χ0) is 31.2. The second-order valence-electron chi connectivity index (χ2n) is 10.3. The van der Waals surface area contributed by atoms with E-state index in [2.05, 4.69) is 0 Å². The quantitative estimate of drug-likeness (QED) is 0.159. The molecular weight excluding hydrogens is 576 g/mol. The number of phenolic OH excluding ortho intramolecular Hbond substituents is 2. The molecule has 0 saturated carbocycles. The molecule has 0 amide bonds. The summed E-state index contributed by atoms with van der Waals surface area (Å²) in [5, 5.41) is 82.0. The van der Waals surface area contributed by atoms with Crippen LogP contribution in [0.4, 0.5) is 0 Å². The van der Waals surface area contributed by atoms with E-state index < -0.39 is 84.9 Å². The molecule has 0 aliphatic carbocycles. The van der Waals surface area contributed by atoms with Crippen molar-refractivity contribution in [3.63, 3.8) is 0 Å². The lowest BCUT2D eigenvalue weighted by molar-refractivity contribution is -0.318. The van der Waals surface area contributed by atoms with Crippen LogP contribution >= 0.6 is 0 Å². The second-order valence-corrected chi connectivity index (χ2v) is 10.3. The molecule has 43 heavy (non-hydrogen) atoms. The Morgan fingerprint density at radius 2 is 1.47 bits per heavy atom. The summed E-state index contributed by atoms with van der Waals surface area (Å²) in [6.07, 6.45) is -15.7. The molecule has 234 valence electrons. The van der Waals surface area contributed by atoms with Crippen molar-refractivity contribution in [1.82, 2.24) is 0 Å². The van der Waals surface area contributed by atoms with Gasteiger partial charge in [0.15, 0.2) is 12.1 Å². The first-order valence-electron chi connectivity index (χ1n) is 13.3. The predicted octanol–water partition coefficient (Wildman–Crippen LogP) is -1.09. The smallest absolute Gasteiger partial charge is 0.239 e. The summed E-state index contributed by atoms with van der Waals surface area (Å²) in [7, 11) is 1.35. The molecule has 2 fully saturated rings. The Labute approximate surface area is 243 Å². The fraction of sp³-hybridized carbons (Fsp3) is 0.464. The molecule has 10 atom stereocenters. The average molecular weight is 609 g/mol. The molecule has 0 bridgehead atoms. The van der Waals surface area contributed by atoms with Gasteiger partial charge in [-0.25, -0.2) is 0 Å². The summed E-state index contributed by atoms with van der Waals surface area (Å²) in [4.78, 5) is 13.7. The number of aliphatic hydroxyl groups is 6. The van der Waals surface area contributed by atoms with Crippen molar-refractivity contribution >= 4 is 11.0 Å². The van der Waals surface area contributed by atoms with Gasteiger partial charge in [0, 0.05) is 17.7 Å². The lowest BCUT2D eigenvalue weighted by atomic mass is 9.98. The van der Waals surface area contributed by atoms with Crippen LogP contribution in [-0.2, 0) is 14.2 Å². The fourth-order valence-corrected chi connectivity index (χ4v) is 4.89. The molecule has 8 N–H and O–H groups in total. The maximum Gasteiger partial charge on any atom is 0.239 e. The van der Waals surface area contributed by atoms with Crippen LogP contribution in [-0.4, -0.2) is 116 Å². The van der Waals surface area contributed by atoms with Crippen LogP contribution in [0.25, 0.3) is 22.3 Å². The van der Waals surface area contributed by atoms with Gasteiger partial charge >= 0.3 is 0 Å². The van der Waals surface area contributed by atoms with Crippen molar-refractivity contribution in [2.45, 2.75) is 68.3 Å². The maximum atomic E-state index is 13.7. The highest BCUT2D eigenvalue weighted by molar-refractivity contribution is 5.88. The lowest BCUT2D eigenvalue weighted by Crippen LogP contribution is -2.61.